The first-order valence-corrected chi connectivity index (χ1v) is 10.8. The van der Waals surface area contributed by atoms with E-state index in [1.54, 1.807) is 6.20 Å². The first kappa shape index (κ1) is 18.3. The molecule has 21 heavy (non-hydrogen) atoms. The molecule has 0 aromatic carbocycles. The van der Waals surface area contributed by atoms with Gasteiger partial charge in [-0.3, -0.25) is 4.98 Å². The quantitative estimate of drug-likeness (QED) is 0.718. The van der Waals surface area contributed by atoms with E-state index in [9.17, 15) is 0 Å². The smallest absolute Gasteiger partial charge is 0.190 e. The van der Waals surface area contributed by atoms with Gasteiger partial charge in [-0.25, -0.2) is 0 Å². The van der Waals surface area contributed by atoms with E-state index in [4.69, 9.17) is 9.53 Å². The molecule has 1 aromatic rings. The maximum Gasteiger partial charge on any atom is 0.190 e. The topological polar surface area (TPSA) is 42.4 Å². The lowest BCUT2D eigenvalue weighted by atomic mass is 10.0. The molecule has 3 nitrogen and oxygen atoms in total. The molecule has 0 aliphatic rings. The van der Waals surface area contributed by atoms with Crippen LogP contribution in [0, 0.1) is 5.41 Å². The number of nitrogens with zero attached hydrogens (tertiary/aromatic N) is 1. The number of hydrogen-bond donors (Lipinski definition) is 1. The third-order valence-corrected chi connectivity index (χ3v) is 7.66. The van der Waals surface area contributed by atoms with Crippen LogP contribution in [0.1, 0.15) is 51.8 Å². The van der Waals surface area contributed by atoms with Crippen molar-refractivity contribution in [1.29, 1.82) is 0 Å². The van der Waals surface area contributed by atoms with Gasteiger partial charge in [0.05, 0.1) is 18.9 Å². The van der Waals surface area contributed by atoms with Gasteiger partial charge in [0.2, 0.25) is 0 Å². The maximum atomic E-state index is 9.05. The van der Waals surface area contributed by atoms with E-state index in [0.29, 0.717) is 12.0 Å². The number of aliphatic hydroxyl groups excluding tert-OH is 1. The van der Waals surface area contributed by atoms with Crippen molar-refractivity contribution in [3.05, 3.63) is 29.6 Å². The lowest BCUT2D eigenvalue weighted by molar-refractivity contribution is 0.268. The van der Waals surface area contributed by atoms with Crippen molar-refractivity contribution in [2.75, 3.05) is 0 Å². The van der Waals surface area contributed by atoms with Crippen LogP contribution in [0.5, 0.6) is 0 Å². The van der Waals surface area contributed by atoms with Gasteiger partial charge in [-0.2, -0.15) is 0 Å². The van der Waals surface area contributed by atoms with E-state index in [2.05, 4.69) is 39.2 Å². The molecular formula is C17H31NO2Si. The number of aromatic nitrogens is 1. The highest BCUT2D eigenvalue weighted by molar-refractivity contribution is 6.72. The Morgan fingerprint density at radius 1 is 1.29 bits per heavy atom. The van der Waals surface area contributed by atoms with Crippen LogP contribution in [0.3, 0.4) is 0 Å². The van der Waals surface area contributed by atoms with Crippen molar-refractivity contribution < 1.29 is 9.53 Å². The first-order valence-electron chi connectivity index (χ1n) is 7.97. The molecule has 0 aliphatic carbocycles. The van der Waals surface area contributed by atoms with Crippen molar-refractivity contribution in [3.8, 4) is 0 Å². The Morgan fingerprint density at radius 3 is 2.48 bits per heavy atom. The summed E-state index contributed by atoms with van der Waals surface area (Å²) in [6.07, 6.45) is 4.20. The highest BCUT2D eigenvalue weighted by Crippen LogP contribution is 2.32. The van der Waals surface area contributed by atoms with Crippen LogP contribution in [0.4, 0.5) is 0 Å². The van der Waals surface area contributed by atoms with E-state index in [0.717, 1.165) is 11.3 Å². The number of pyridine rings is 1. The van der Waals surface area contributed by atoms with Gasteiger partial charge in [-0.05, 0) is 35.7 Å². The fraction of sp³-hybridized carbons (Fsp3) is 0.706. The van der Waals surface area contributed by atoms with Crippen LogP contribution >= 0.6 is 0 Å². The monoisotopic (exact) mass is 309 g/mol. The minimum absolute atomic E-state index is 0.0428. The molecule has 120 valence electrons. The average Bonchev–Trinajstić information content (AvgIpc) is 2.42. The summed E-state index contributed by atoms with van der Waals surface area (Å²) >= 11 is 0. The molecule has 0 aliphatic heterocycles. The largest absolute Gasteiger partial charge is 0.411 e. The third kappa shape index (κ3) is 7.20. The van der Waals surface area contributed by atoms with E-state index in [-0.39, 0.29) is 6.61 Å². The Morgan fingerprint density at radius 2 is 2.00 bits per heavy atom. The lowest BCUT2D eigenvalue weighted by Gasteiger charge is -2.33. The summed E-state index contributed by atoms with van der Waals surface area (Å²) in [4.78, 5) is 4.37. The summed E-state index contributed by atoms with van der Waals surface area (Å²) in [7, 11) is -1.70. The van der Waals surface area contributed by atoms with Crippen LogP contribution in [-0.2, 0) is 17.6 Å². The van der Waals surface area contributed by atoms with E-state index in [1.807, 2.05) is 12.1 Å². The van der Waals surface area contributed by atoms with Gasteiger partial charge in [0, 0.05) is 6.20 Å². The summed E-state index contributed by atoms with van der Waals surface area (Å²) in [5, 5.41) is 9.05. The number of rotatable bonds is 8. The second-order valence-corrected chi connectivity index (χ2v) is 11.4. The normalized spacial score (nSPS) is 15.0. The van der Waals surface area contributed by atoms with E-state index in [1.165, 1.54) is 24.9 Å². The van der Waals surface area contributed by atoms with Crippen LogP contribution in [0.25, 0.3) is 0 Å². The van der Waals surface area contributed by atoms with Crippen LogP contribution in [-0.4, -0.2) is 18.4 Å². The van der Waals surface area contributed by atoms with Crippen molar-refractivity contribution in [2.45, 2.75) is 72.4 Å². The second kappa shape index (κ2) is 8.06. The Bertz CT molecular complexity index is 414. The van der Waals surface area contributed by atoms with Gasteiger partial charge in [-0.1, -0.05) is 46.6 Å². The molecule has 0 radical (unpaired) electrons. The summed E-state index contributed by atoms with van der Waals surface area (Å²) in [6, 6.07) is 6.27. The summed E-state index contributed by atoms with van der Waals surface area (Å²) < 4.78 is 6.38. The summed E-state index contributed by atoms with van der Waals surface area (Å²) in [5.41, 5.74) is 2.11. The standard InChI is InChI=1S/C17H31NO2Si/c1-6-7-10-21(5,14-17(2,3)4)20-13-16-9-8-15(12-19)11-18-16/h8-9,11,19H,6-7,10,12-14H2,1-5H3. The van der Waals surface area contributed by atoms with Crippen molar-refractivity contribution >= 4 is 8.32 Å². The lowest BCUT2D eigenvalue weighted by Crippen LogP contribution is -2.38. The number of hydrogen-bond acceptors (Lipinski definition) is 3. The zero-order chi connectivity index (χ0) is 15.9. The SMILES string of the molecule is CCCC[Si](C)(CC(C)(C)C)OCc1ccc(CO)cn1. The van der Waals surface area contributed by atoms with Crippen LogP contribution in [0.2, 0.25) is 18.6 Å². The number of aliphatic hydroxyl groups is 1. The fourth-order valence-corrected chi connectivity index (χ4v) is 7.03. The Kier molecular flexibility index (Phi) is 7.04. The molecule has 0 bridgehead atoms. The van der Waals surface area contributed by atoms with Crippen molar-refractivity contribution in [1.82, 2.24) is 4.98 Å². The Hall–Kier alpha value is -0.713. The maximum absolute atomic E-state index is 9.05. The first-order chi connectivity index (χ1) is 9.78. The third-order valence-electron chi connectivity index (χ3n) is 3.60. The zero-order valence-corrected chi connectivity index (χ0v) is 15.3. The van der Waals surface area contributed by atoms with Gasteiger partial charge in [-0.15, -0.1) is 0 Å². The molecule has 0 spiro atoms. The molecule has 0 saturated carbocycles. The minimum atomic E-state index is -1.70. The average molecular weight is 310 g/mol. The minimum Gasteiger partial charge on any atom is -0.411 e. The van der Waals surface area contributed by atoms with Gasteiger partial charge >= 0.3 is 0 Å². The van der Waals surface area contributed by atoms with Gasteiger partial charge < -0.3 is 9.53 Å². The highest BCUT2D eigenvalue weighted by Gasteiger charge is 2.33. The molecule has 1 heterocycles. The van der Waals surface area contributed by atoms with E-state index < -0.39 is 8.32 Å². The van der Waals surface area contributed by atoms with Crippen LogP contribution < -0.4 is 0 Å². The predicted molar refractivity (Wildman–Crippen MR) is 90.5 cm³/mol. The molecule has 1 atom stereocenters. The van der Waals surface area contributed by atoms with Crippen molar-refractivity contribution in [3.63, 3.8) is 0 Å². The molecule has 1 rings (SSSR count). The van der Waals surface area contributed by atoms with Crippen LogP contribution in [0.15, 0.2) is 18.3 Å². The molecule has 1 N–H and O–H groups in total. The van der Waals surface area contributed by atoms with Gasteiger partial charge in [0.25, 0.3) is 0 Å². The molecule has 1 aromatic heterocycles. The molecule has 0 saturated heterocycles. The Balaban J connectivity index is 2.66. The Labute approximate surface area is 130 Å². The summed E-state index contributed by atoms with van der Waals surface area (Å²) in [6.45, 7) is 12.1. The fourth-order valence-electron chi connectivity index (χ4n) is 2.77. The van der Waals surface area contributed by atoms with Gasteiger partial charge in [0.15, 0.2) is 8.32 Å². The molecule has 1 unspecified atom stereocenters. The van der Waals surface area contributed by atoms with Crippen molar-refractivity contribution in [2.24, 2.45) is 5.41 Å². The molecule has 4 heteroatoms. The number of unbranched alkanes of at least 4 members (excludes halogenated alkanes) is 1. The predicted octanol–water partition coefficient (Wildman–Crippen LogP) is 4.51. The second-order valence-electron chi connectivity index (χ2n) is 7.40. The molecule has 0 fully saturated rings. The summed E-state index contributed by atoms with van der Waals surface area (Å²) in [5.74, 6) is 0. The zero-order valence-electron chi connectivity index (χ0n) is 14.3. The molecular weight excluding hydrogens is 278 g/mol. The highest BCUT2D eigenvalue weighted by atomic mass is 28.4. The molecule has 0 amide bonds. The van der Waals surface area contributed by atoms with Gasteiger partial charge in [0.1, 0.15) is 0 Å². The van der Waals surface area contributed by atoms with E-state index >= 15 is 0 Å².